The molecule has 0 atom stereocenters. The summed E-state index contributed by atoms with van der Waals surface area (Å²) >= 11 is 4.29. The van der Waals surface area contributed by atoms with Gasteiger partial charge in [-0.1, -0.05) is 0 Å². The summed E-state index contributed by atoms with van der Waals surface area (Å²) in [7, 11) is 1.82. The lowest BCUT2D eigenvalue weighted by atomic mass is 10.1. The van der Waals surface area contributed by atoms with Crippen molar-refractivity contribution < 1.29 is 4.74 Å². The monoisotopic (exact) mass is 337 g/mol. The van der Waals surface area contributed by atoms with Crippen molar-refractivity contribution in [2.45, 2.75) is 25.5 Å². The van der Waals surface area contributed by atoms with Crippen molar-refractivity contribution in [3.05, 3.63) is 19.9 Å². The topological polar surface area (TPSA) is 12.5 Å². The summed E-state index contributed by atoms with van der Waals surface area (Å²) in [4.78, 5) is 4.01. The Balaban J connectivity index is 1.82. The van der Waals surface area contributed by atoms with E-state index in [2.05, 4.69) is 39.6 Å². The van der Waals surface area contributed by atoms with Crippen LogP contribution in [-0.4, -0.2) is 31.2 Å². The van der Waals surface area contributed by atoms with Gasteiger partial charge in [0.15, 0.2) is 0 Å². The highest BCUT2D eigenvalue weighted by Gasteiger charge is 2.18. The maximum absolute atomic E-state index is 5.37. The Morgan fingerprint density at radius 1 is 1.47 bits per heavy atom. The van der Waals surface area contributed by atoms with Crippen LogP contribution in [-0.2, 0) is 11.3 Å². The van der Waals surface area contributed by atoms with E-state index in [0.717, 1.165) is 6.54 Å². The number of rotatable bonds is 3. The van der Waals surface area contributed by atoms with Crippen LogP contribution in [0.5, 0.6) is 0 Å². The molecule has 0 spiro atoms. The normalized spacial score (nSPS) is 19.6. The predicted octanol–water partition coefficient (Wildman–Crippen LogP) is 2.96. The van der Waals surface area contributed by atoms with Crippen molar-refractivity contribution in [3.8, 4) is 0 Å². The Morgan fingerprint density at radius 3 is 2.73 bits per heavy atom. The Bertz CT molecular complexity index is 307. The molecular formula is C11H16INOS. The molecule has 0 aliphatic carbocycles. The SMILES string of the molecule is COC1CCN(Cc2ccc(I)s2)CC1. The Morgan fingerprint density at radius 2 is 2.20 bits per heavy atom. The summed E-state index contributed by atoms with van der Waals surface area (Å²) in [5.74, 6) is 0. The standard InChI is InChI=1S/C11H16INOS/c1-14-9-4-6-13(7-5-9)8-10-2-3-11(12)15-10/h2-3,9H,4-8H2,1H3. The molecule has 1 aromatic rings. The molecule has 0 unspecified atom stereocenters. The number of hydrogen-bond donors (Lipinski definition) is 0. The minimum atomic E-state index is 0.490. The third-order valence-corrected chi connectivity index (χ3v) is 4.75. The molecule has 1 aromatic heterocycles. The van der Waals surface area contributed by atoms with Gasteiger partial charge in [0.2, 0.25) is 0 Å². The summed E-state index contributed by atoms with van der Waals surface area (Å²) < 4.78 is 6.75. The number of ether oxygens (including phenoxy) is 1. The molecule has 0 radical (unpaired) electrons. The Kier molecular flexibility index (Phi) is 4.42. The summed E-state index contributed by atoms with van der Waals surface area (Å²) in [6, 6.07) is 4.44. The average molecular weight is 337 g/mol. The molecule has 1 aliphatic heterocycles. The van der Waals surface area contributed by atoms with Crippen LogP contribution in [0.1, 0.15) is 17.7 Å². The van der Waals surface area contributed by atoms with E-state index in [1.54, 1.807) is 0 Å². The van der Waals surface area contributed by atoms with E-state index in [1.807, 2.05) is 18.4 Å². The van der Waals surface area contributed by atoms with Gasteiger partial charge >= 0.3 is 0 Å². The van der Waals surface area contributed by atoms with E-state index in [4.69, 9.17) is 4.74 Å². The van der Waals surface area contributed by atoms with Crippen molar-refractivity contribution in [1.29, 1.82) is 0 Å². The van der Waals surface area contributed by atoms with Gasteiger partial charge in [0.25, 0.3) is 0 Å². The van der Waals surface area contributed by atoms with Crippen molar-refractivity contribution in [2.75, 3.05) is 20.2 Å². The van der Waals surface area contributed by atoms with Gasteiger partial charge in [-0.2, -0.15) is 0 Å². The van der Waals surface area contributed by atoms with E-state index in [9.17, 15) is 0 Å². The maximum atomic E-state index is 5.37. The number of piperidine rings is 1. The third kappa shape index (κ3) is 3.41. The molecule has 1 fully saturated rings. The molecule has 1 aliphatic rings. The molecule has 2 heterocycles. The highest BCUT2D eigenvalue weighted by atomic mass is 127. The number of likely N-dealkylation sites (tertiary alicyclic amines) is 1. The highest BCUT2D eigenvalue weighted by molar-refractivity contribution is 14.1. The summed E-state index contributed by atoms with van der Waals surface area (Å²) in [5.41, 5.74) is 0. The maximum Gasteiger partial charge on any atom is 0.0656 e. The second-order valence-electron chi connectivity index (χ2n) is 3.92. The summed E-state index contributed by atoms with van der Waals surface area (Å²) in [6.45, 7) is 3.46. The summed E-state index contributed by atoms with van der Waals surface area (Å²) in [5, 5.41) is 0. The lowest BCUT2D eigenvalue weighted by Gasteiger charge is -2.30. The van der Waals surface area contributed by atoms with Crippen LogP contribution in [0.25, 0.3) is 0 Å². The Hall–Kier alpha value is 0.350. The fourth-order valence-electron chi connectivity index (χ4n) is 1.96. The second-order valence-corrected chi connectivity index (χ2v) is 6.98. The average Bonchev–Trinajstić information content (AvgIpc) is 2.65. The van der Waals surface area contributed by atoms with Crippen LogP contribution >= 0.6 is 33.9 Å². The minimum absolute atomic E-state index is 0.490. The molecule has 15 heavy (non-hydrogen) atoms. The largest absolute Gasteiger partial charge is 0.381 e. The molecule has 0 saturated carbocycles. The fraction of sp³-hybridized carbons (Fsp3) is 0.636. The number of halogens is 1. The van der Waals surface area contributed by atoms with E-state index in [-0.39, 0.29) is 0 Å². The molecule has 0 aromatic carbocycles. The first kappa shape index (κ1) is 11.8. The van der Waals surface area contributed by atoms with Crippen LogP contribution in [0.3, 0.4) is 0 Å². The van der Waals surface area contributed by atoms with Crippen LogP contribution in [0.4, 0.5) is 0 Å². The van der Waals surface area contributed by atoms with Gasteiger partial charge in [-0.3, -0.25) is 4.90 Å². The smallest absolute Gasteiger partial charge is 0.0656 e. The van der Waals surface area contributed by atoms with Gasteiger partial charge in [-0.15, -0.1) is 11.3 Å². The van der Waals surface area contributed by atoms with E-state index in [1.165, 1.54) is 33.7 Å². The number of nitrogens with zero attached hydrogens (tertiary/aromatic N) is 1. The number of hydrogen-bond acceptors (Lipinski definition) is 3. The summed E-state index contributed by atoms with van der Waals surface area (Å²) in [6.07, 6.45) is 2.85. The first-order valence-electron chi connectivity index (χ1n) is 5.27. The van der Waals surface area contributed by atoms with Crippen LogP contribution < -0.4 is 0 Å². The van der Waals surface area contributed by atoms with Gasteiger partial charge in [-0.05, 0) is 47.6 Å². The third-order valence-electron chi connectivity index (χ3n) is 2.88. The second kappa shape index (κ2) is 5.61. The molecule has 1 saturated heterocycles. The molecule has 4 heteroatoms. The zero-order chi connectivity index (χ0) is 10.7. The van der Waals surface area contributed by atoms with Crippen LogP contribution in [0.2, 0.25) is 0 Å². The number of thiophene rings is 1. The molecule has 0 N–H and O–H groups in total. The predicted molar refractivity (Wildman–Crippen MR) is 72.3 cm³/mol. The highest BCUT2D eigenvalue weighted by Crippen LogP contribution is 2.22. The molecule has 2 nitrogen and oxygen atoms in total. The van der Waals surface area contributed by atoms with E-state index >= 15 is 0 Å². The van der Waals surface area contributed by atoms with Crippen molar-refractivity contribution >= 4 is 33.9 Å². The van der Waals surface area contributed by atoms with Gasteiger partial charge in [0.05, 0.1) is 8.99 Å². The zero-order valence-electron chi connectivity index (χ0n) is 8.91. The molecule has 0 amide bonds. The van der Waals surface area contributed by atoms with Gasteiger partial charge in [0.1, 0.15) is 0 Å². The van der Waals surface area contributed by atoms with Gasteiger partial charge in [-0.25, -0.2) is 0 Å². The molecule has 0 bridgehead atoms. The quantitative estimate of drug-likeness (QED) is 0.787. The zero-order valence-corrected chi connectivity index (χ0v) is 11.9. The lowest BCUT2D eigenvalue weighted by Crippen LogP contribution is -2.35. The van der Waals surface area contributed by atoms with Gasteiger partial charge in [0, 0.05) is 31.6 Å². The van der Waals surface area contributed by atoms with Gasteiger partial charge < -0.3 is 4.74 Å². The molecule has 84 valence electrons. The Labute approximate surface area is 109 Å². The van der Waals surface area contributed by atoms with Crippen LogP contribution in [0.15, 0.2) is 12.1 Å². The fourth-order valence-corrected chi connectivity index (χ4v) is 3.76. The number of methoxy groups -OCH3 is 1. The van der Waals surface area contributed by atoms with Crippen molar-refractivity contribution in [2.24, 2.45) is 0 Å². The first-order valence-corrected chi connectivity index (χ1v) is 7.17. The lowest BCUT2D eigenvalue weighted by molar-refractivity contribution is 0.0391. The van der Waals surface area contributed by atoms with E-state index < -0.39 is 0 Å². The van der Waals surface area contributed by atoms with E-state index in [0.29, 0.717) is 6.10 Å². The van der Waals surface area contributed by atoms with Crippen LogP contribution in [0, 0.1) is 2.88 Å². The molecular weight excluding hydrogens is 321 g/mol. The van der Waals surface area contributed by atoms with Crippen molar-refractivity contribution in [3.63, 3.8) is 0 Å². The molecule has 2 rings (SSSR count). The first-order chi connectivity index (χ1) is 7.28. The van der Waals surface area contributed by atoms with Crippen molar-refractivity contribution in [1.82, 2.24) is 4.90 Å². The minimum Gasteiger partial charge on any atom is -0.381 e.